The molecule has 0 bridgehead atoms. The molecule has 0 N–H and O–H groups in total. The van der Waals surface area contributed by atoms with E-state index >= 15 is 0 Å². The minimum Gasteiger partial charge on any atom is -0.482 e. The van der Waals surface area contributed by atoms with Gasteiger partial charge in [-0.1, -0.05) is 58.7 Å². The zero-order chi connectivity index (χ0) is 14.7. The molecule has 0 spiro atoms. The van der Waals surface area contributed by atoms with Gasteiger partial charge < -0.3 is 9.26 Å². The first-order valence-electron chi connectivity index (χ1n) is 6.18. The summed E-state index contributed by atoms with van der Waals surface area (Å²) >= 11 is 11.8. The lowest BCUT2D eigenvalue weighted by atomic mass is 10.2. The van der Waals surface area contributed by atoms with Gasteiger partial charge in [-0.2, -0.15) is 4.98 Å². The van der Waals surface area contributed by atoms with Gasteiger partial charge in [0.15, 0.2) is 6.61 Å². The molecule has 0 amide bonds. The van der Waals surface area contributed by atoms with Crippen LogP contribution in [0.5, 0.6) is 5.75 Å². The van der Waals surface area contributed by atoms with Gasteiger partial charge in [0.1, 0.15) is 5.75 Å². The van der Waals surface area contributed by atoms with E-state index in [9.17, 15) is 0 Å². The molecule has 106 valence electrons. The zero-order valence-corrected chi connectivity index (χ0v) is 12.3. The standard InChI is InChI=1S/C15H10Cl2N2O2/c16-11-6-7-13(12(17)8-11)20-9-14-18-15(19-21-14)10-4-2-1-3-5-10/h1-8H,9H2. The Balaban J connectivity index is 1.70. The van der Waals surface area contributed by atoms with Crippen LogP contribution in [0.1, 0.15) is 5.89 Å². The van der Waals surface area contributed by atoms with Crippen LogP contribution >= 0.6 is 23.2 Å². The highest BCUT2D eigenvalue weighted by molar-refractivity contribution is 6.35. The van der Waals surface area contributed by atoms with Crippen molar-refractivity contribution >= 4 is 23.2 Å². The second-order valence-corrected chi connectivity index (χ2v) is 5.08. The predicted octanol–water partition coefficient (Wildman–Crippen LogP) is 4.62. The van der Waals surface area contributed by atoms with Crippen molar-refractivity contribution in [3.63, 3.8) is 0 Å². The Morgan fingerprint density at radius 2 is 1.86 bits per heavy atom. The van der Waals surface area contributed by atoms with Crippen LogP contribution in [0.2, 0.25) is 10.0 Å². The number of ether oxygens (including phenoxy) is 1. The van der Waals surface area contributed by atoms with Crippen LogP contribution in [-0.4, -0.2) is 10.1 Å². The van der Waals surface area contributed by atoms with Gasteiger partial charge in [-0.05, 0) is 18.2 Å². The molecule has 0 saturated heterocycles. The Hall–Kier alpha value is -2.04. The minimum atomic E-state index is 0.140. The number of nitrogens with zero attached hydrogens (tertiary/aromatic N) is 2. The van der Waals surface area contributed by atoms with Crippen LogP contribution in [0.25, 0.3) is 11.4 Å². The molecule has 0 aliphatic rings. The fourth-order valence-corrected chi connectivity index (χ4v) is 2.21. The van der Waals surface area contributed by atoms with Crippen LogP contribution in [0.4, 0.5) is 0 Å². The average molecular weight is 321 g/mol. The third-order valence-corrected chi connectivity index (χ3v) is 3.28. The van der Waals surface area contributed by atoms with Crippen molar-refractivity contribution in [3.8, 4) is 17.1 Å². The molecule has 0 unspecified atom stereocenters. The van der Waals surface area contributed by atoms with Gasteiger partial charge >= 0.3 is 0 Å². The first-order valence-corrected chi connectivity index (χ1v) is 6.94. The third kappa shape index (κ3) is 3.35. The minimum absolute atomic E-state index is 0.140. The lowest BCUT2D eigenvalue weighted by Gasteiger charge is -2.05. The molecule has 4 nitrogen and oxygen atoms in total. The molecule has 6 heteroatoms. The van der Waals surface area contributed by atoms with Crippen molar-refractivity contribution in [2.24, 2.45) is 0 Å². The van der Waals surface area contributed by atoms with E-state index in [-0.39, 0.29) is 6.61 Å². The van der Waals surface area contributed by atoms with Crippen LogP contribution < -0.4 is 4.74 Å². The fourth-order valence-electron chi connectivity index (χ4n) is 1.75. The molecular formula is C15H10Cl2N2O2. The van der Waals surface area contributed by atoms with Crippen LogP contribution in [0.3, 0.4) is 0 Å². The van der Waals surface area contributed by atoms with E-state index in [0.29, 0.717) is 27.5 Å². The topological polar surface area (TPSA) is 48.2 Å². The fraction of sp³-hybridized carbons (Fsp3) is 0.0667. The summed E-state index contributed by atoms with van der Waals surface area (Å²) in [4.78, 5) is 4.27. The lowest BCUT2D eigenvalue weighted by Crippen LogP contribution is -1.96. The monoisotopic (exact) mass is 320 g/mol. The van der Waals surface area contributed by atoms with Crippen molar-refractivity contribution in [2.75, 3.05) is 0 Å². The lowest BCUT2D eigenvalue weighted by molar-refractivity contribution is 0.243. The van der Waals surface area contributed by atoms with Crippen molar-refractivity contribution < 1.29 is 9.26 Å². The number of hydrogen-bond donors (Lipinski definition) is 0. The summed E-state index contributed by atoms with van der Waals surface area (Å²) in [5, 5.41) is 4.90. The normalized spacial score (nSPS) is 10.6. The predicted molar refractivity (Wildman–Crippen MR) is 80.5 cm³/mol. The van der Waals surface area contributed by atoms with E-state index in [4.69, 9.17) is 32.5 Å². The van der Waals surface area contributed by atoms with Crippen LogP contribution in [-0.2, 0) is 6.61 Å². The largest absolute Gasteiger partial charge is 0.482 e. The van der Waals surface area contributed by atoms with E-state index in [1.165, 1.54) is 0 Å². The Kier molecular flexibility index (Phi) is 4.08. The summed E-state index contributed by atoms with van der Waals surface area (Å²) in [6, 6.07) is 14.6. The average Bonchev–Trinajstić information content (AvgIpc) is 2.96. The molecular weight excluding hydrogens is 311 g/mol. The highest BCUT2D eigenvalue weighted by Gasteiger charge is 2.10. The van der Waals surface area contributed by atoms with E-state index in [1.54, 1.807) is 18.2 Å². The van der Waals surface area contributed by atoms with Crippen molar-refractivity contribution in [1.29, 1.82) is 0 Å². The molecule has 1 aromatic heterocycles. The van der Waals surface area contributed by atoms with E-state index in [1.807, 2.05) is 30.3 Å². The van der Waals surface area contributed by atoms with Gasteiger partial charge in [-0.25, -0.2) is 0 Å². The maximum atomic E-state index is 6.02. The first kappa shape index (κ1) is 13.9. The molecule has 0 aliphatic carbocycles. The number of halogens is 2. The molecule has 0 fully saturated rings. The van der Waals surface area contributed by atoms with Gasteiger partial charge in [0.05, 0.1) is 5.02 Å². The van der Waals surface area contributed by atoms with Crippen molar-refractivity contribution in [3.05, 3.63) is 64.5 Å². The number of benzene rings is 2. The Morgan fingerprint density at radius 1 is 1.05 bits per heavy atom. The molecule has 21 heavy (non-hydrogen) atoms. The molecule has 1 heterocycles. The van der Waals surface area contributed by atoms with Crippen LogP contribution in [0, 0.1) is 0 Å². The molecule has 3 aromatic rings. The van der Waals surface area contributed by atoms with Gasteiger partial charge in [0.2, 0.25) is 5.82 Å². The Labute approximate surface area is 131 Å². The number of rotatable bonds is 4. The van der Waals surface area contributed by atoms with Crippen molar-refractivity contribution in [1.82, 2.24) is 10.1 Å². The third-order valence-electron chi connectivity index (χ3n) is 2.75. The quantitative estimate of drug-likeness (QED) is 0.703. The highest BCUT2D eigenvalue weighted by atomic mass is 35.5. The molecule has 0 aliphatic heterocycles. The summed E-state index contributed by atoms with van der Waals surface area (Å²) in [7, 11) is 0. The summed E-state index contributed by atoms with van der Waals surface area (Å²) in [6.07, 6.45) is 0. The summed E-state index contributed by atoms with van der Waals surface area (Å²) in [5.41, 5.74) is 0.886. The SMILES string of the molecule is Clc1ccc(OCc2nc(-c3ccccc3)no2)c(Cl)c1. The van der Waals surface area contributed by atoms with Gasteiger partial charge in [0, 0.05) is 10.6 Å². The number of hydrogen-bond acceptors (Lipinski definition) is 4. The van der Waals surface area contributed by atoms with Crippen LogP contribution in [0.15, 0.2) is 53.1 Å². The maximum Gasteiger partial charge on any atom is 0.264 e. The summed E-state index contributed by atoms with van der Waals surface area (Å²) < 4.78 is 10.7. The van der Waals surface area contributed by atoms with Crippen molar-refractivity contribution in [2.45, 2.75) is 6.61 Å². The van der Waals surface area contributed by atoms with Gasteiger partial charge in [-0.3, -0.25) is 0 Å². The Morgan fingerprint density at radius 3 is 2.62 bits per heavy atom. The van der Waals surface area contributed by atoms with E-state index in [2.05, 4.69) is 10.1 Å². The van der Waals surface area contributed by atoms with Gasteiger partial charge in [-0.15, -0.1) is 0 Å². The smallest absolute Gasteiger partial charge is 0.264 e. The maximum absolute atomic E-state index is 6.02. The highest BCUT2D eigenvalue weighted by Crippen LogP contribution is 2.28. The molecule has 3 rings (SSSR count). The second kappa shape index (κ2) is 6.16. The Bertz CT molecular complexity index is 744. The summed E-state index contributed by atoms with van der Waals surface area (Å²) in [6.45, 7) is 0.140. The number of aromatic nitrogens is 2. The van der Waals surface area contributed by atoms with E-state index < -0.39 is 0 Å². The molecule has 0 radical (unpaired) electrons. The summed E-state index contributed by atoms with van der Waals surface area (Å²) in [5.74, 6) is 1.41. The molecule has 2 aromatic carbocycles. The van der Waals surface area contributed by atoms with Gasteiger partial charge in [0.25, 0.3) is 5.89 Å². The van der Waals surface area contributed by atoms with E-state index in [0.717, 1.165) is 5.56 Å². The molecule has 0 saturated carbocycles. The zero-order valence-electron chi connectivity index (χ0n) is 10.8. The first-order chi connectivity index (χ1) is 10.2. The molecule has 0 atom stereocenters. The second-order valence-electron chi connectivity index (χ2n) is 4.24.